The second kappa shape index (κ2) is 5.15. The third-order valence-corrected chi connectivity index (χ3v) is 3.66. The number of hydrogen-bond donors (Lipinski definition) is 3. The van der Waals surface area contributed by atoms with Gasteiger partial charge in [-0.25, -0.2) is 0 Å². The maximum Gasteiger partial charge on any atom is 0.234 e. The maximum atomic E-state index is 11.6. The molecular weight excluding hydrogens is 202 g/mol. The number of amides is 1. The van der Waals surface area contributed by atoms with Crippen molar-refractivity contribution in [1.82, 2.24) is 16.0 Å². The Bertz CT molecular complexity index is 243. The molecule has 4 heteroatoms. The average molecular weight is 225 g/mol. The van der Waals surface area contributed by atoms with Gasteiger partial charge in [0.1, 0.15) is 0 Å². The van der Waals surface area contributed by atoms with E-state index in [9.17, 15) is 4.79 Å². The van der Waals surface area contributed by atoms with Crippen LogP contribution in [0, 0.1) is 5.92 Å². The quantitative estimate of drug-likeness (QED) is 0.642. The molecular formula is C12H23N3O. The van der Waals surface area contributed by atoms with Crippen molar-refractivity contribution in [3.8, 4) is 0 Å². The SMILES string of the molecule is CC1CCNC(C)C1NCC(=O)NC1CC1. The highest BCUT2D eigenvalue weighted by Gasteiger charge is 2.28. The third kappa shape index (κ3) is 3.19. The molecule has 1 heterocycles. The Morgan fingerprint density at radius 3 is 2.69 bits per heavy atom. The van der Waals surface area contributed by atoms with Gasteiger partial charge in [0.2, 0.25) is 5.91 Å². The molecule has 0 spiro atoms. The summed E-state index contributed by atoms with van der Waals surface area (Å²) in [6.45, 7) is 5.99. The summed E-state index contributed by atoms with van der Waals surface area (Å²) in [5.74, 6) is 0.789. The molecule has 1 saturated carbocycles. The van der Waals surface area contributed by atoms with Crippen LogP contribution >= 0.6 is 0 Å². The Balaban J connectivity index is 1.71. The molecule has 3 N–H and O–H groups in total. The summed E-state index contributed by atoms with van der Waals surface area (Å²) >= 11 is 0. The van der Waals surface area contributed by atoms with E-state index in [1.165, 1.54) is 6.42 Å². The standard InChI is InChI=1S/C12H23N3O/c1-8-5-6-13-9(2)12(8)14-7-11(16)15-10-3-4-10/h8-10,12-14H,3-7H2,1-2H3,(H,15,16). The van der Waals surface area contributed by atoms with E-state index in [4.69, 9.17) is 0 Å². The maximum absolute atomic E-state index is 11.6. The fourth-order valence-corrected chi connectivity index (χ4v) is 2.43. The van der Waals surface area contributed by atoms with E-state index in [0.717, 1.165) is 19.4 Å². The van der Waals surface area contributed by atoms with Gasteiger partial charge in [-0.1, -0.05) is 6.92 Å². The van der Waals surface area contributed by atoms with Crippen LogP contribution < -0.4 is 16.0 Å². The average Bonchev–Trinajstić information content (AvgIpc) is 3.01. The number of nitrogens with one attached hydrogen (secondary N) is 3. The lowest BCUT2D eigenvalue weighted by Gasteiger charge is -2.36. The van der Waals surface area contributed by atoms with Gasteiger partial charge in [0.25, 0.3) is 0 Å². The molecule has 1 saturated heterocycles. The zero-order valence-electron chi connectivity index (χ0n) is 10.3. The van der Waals surface area contributed by atoms with Crippen LogP contribution in [0.1, 0.15) is 33.1 Å². The van der Waals surface area contributed by atoms with Gasteiger partial charge in [-0.15, -0.1) is 0 Å². The fraction of sp³-hybridized carbons (Fsp3) is 0.917. The normalized spacial score (nSPS) is 34.8. The Labute approximate surface area is 97.6 Å². The first-order valence-corrected chi connectivity index (χ1v) is 6.43. The van der Waals surface area contributed by atoms with Crippen LogP contribution in [0.2, 0.25) is 0 Å². The summed E-state index contributed by atoms with van der Waals surface area (Å²) < 4.78 is 0. The Kier molecular flexibility index (Phi) is 3.82. The number of rotatable bonds is 4. The number of carbonyl (C=O) groups is 1. The molecule has 3 atom stereocenters. The van der Waals surface area contributed by atoms with Crippen LogP contribution in [0.3, 0.4) is 0 Å². The van der Waals surface area contributed by atoms with Crippen LogP contribution in [0.15, 0.2) is 0 Å². The van der Waals surface area contributed by atoms with Gasteiger partial charge in [-0.05, 0) is 38.6 Å². The molecule has 16 heavy (non-hydrogen) atoms. The molecule has 1 aliphatic heterocycles. The molecule has 92 valence electrons. The minimum absolute atomic E-state index is 0.146. The highest BCUT2D eigenvalue weighted by molar-refractivity contribution is 5.78. The Hall–Kier alpha value is -0.610. The molecule has 0 aromatic heterocycles. The van der Waals surface area contributed by atoms with Crippen LogP contribution in [-0.2, 0) is 4.79 Å². The summed E-state index contributed by atoms with van der Waals surface area (Å²) in [6.07, 6.45) is 3.50. The molecule has 2 rings (SSSR count). The van der Waals surface area contributed by atoms with Crippen molar-refractivity contribution in [1.29, 1.82) is 0 Å². The van der Waals surface area contributed by atoms with E-state index >= 15 is 0 Å². The lowest BCUT2D eigenvalue weighted by atomic mass is 9.89. The minimum atomic E-state index is 0.146. The summed E-state index contributed by atoms with van der Waals surface area (Å²) in [4.78, 5) is 11.6. The topological polar surface area (TPSA) is 53.2 Å². The molecule has 0 radical (unpaired) electrons. The Morgan fingerprint density at radius 2 is 2.06 bits per heavy atom. The first kappa shape index (κ1) is 11.9. The third-order valence-electron chi connectivity index (χ3n) is 3.66. The molecule has 0 aromatic rings. The highest BCUT2D eigenvalue weighted by atomic mass is 16.2. The van der Waals surface area contributed by atoms with Gasteiger partial charge in [0, 0.05) is 18.1 Å². The van der Waals surface area contributed by atoms with Gasteiger partial charge in [-0.2, -0.15) is 0 Å². The molecule has 2 aliphatic rings. The zero-order chi connectivity index (χ0) is 11.5. The summed E-state index contributed by atoms with van der Waals surface area (Å²) in [7, 11) is 0. The van der Waals surface area contributed by atoms with Crippen molar-refractivity contribution in [2.24, 2.45) is 5.92 Å². The van der Waals surface area contributed by atoms with Crippen molar-refractivity contribution >= 4 is 5.91 Å². The van der Waals surface area contributed by atoms with Gasteiger partial charge in [0.05, 0.1) is 6.54 Å². The minimum Gasteiger partial charge on any atom is -0.352 e. The summed E-state index contributed by atoms with van der Waals surface area (Å²) in [5.41, 5.74) is 0. The molecule has 0 bridgehead atoms. The molecule has 3 unspecified atom stereocenters. The monoisotopic (exact) mass is 225 g/mol. The van der Waals surface area contributed by atoms with Crippen molar-refractivity contribution in [3.63, 3.8) is 0 Å². The first-order chi connectivity index (χ1) is 7.66. The zero-order valence-corrected chi connectivity index (χ0v) is 10.3. The number of piperidine rings is 1. The van der Waals surface area contributed by atoms with Crippen LogP contribution in [0.25, 0.3) is 0 Å². The predicted molar refractivity (Wildman–Crippen MR) is 64.2 cm³/mol. The highest BCUT2D eigenvalue weighted by Crippen LogP contribution is 2.18. The molecule has 2 fully saturated rings. The van der Waals surface area contributed by atoms with E-state index < -0.39 is 0 Å². The molecule has 1 aliphatic carbocycles. The van der Waals surface area contributed by atoms with E-state index in [2.05, 4.69) is 29.8 Å². The fourth-order valence-electron chi connectivity index (χ4n) is 2.43. The lowest BCUT2D eigenvalue weighted by molar-refractivity contribution is -0.120. The van der Waals surface area contributed by atoms with E-state index in [-0.39, 0.29) is 5.91 Å². The predicted octanol–water partition coefficient (Wildman–Crippen LogP) is 0.241. The van der Waals surface area contributed by atoms with Gasteiger partial charge in [-0.3, -0.25) is 4.79 Å². The van der Waals surface area contributed by atoms with Crippen LogP contribution in [-0.4, -0.2) is 37.1 Å². The second-order valence-electron chi connectivity index (χ2n) is 5.26. The van der Waals surface area contributed by atoms with E-state index in [1.54, 1.807) is 0 Å². The lowest BCUT2D eigenvalue weighted by Crippen LogP contribution is -2.56. The van der Waals surface area contributed by atoms with Crippen molar-refractivity contribution in [2.45, 2.75) is 51.2 Å². The first-order valence-electron chi connectivity index (χ1n) is 6.43. The van der Waals surface area contributed by atoms with Gasteiger partial charge in [0.15, 0.2) is 0 Å². The van der Waals surface area contributed by atoms with E-state index in [0.29, 0.717) is 30.6 Å². The molecule has 1 amide bonds. The van der Waals surface area contributed by atoms with Gasteiger partial charge >= 0.3 is 0 Å². The van der Waals surface area contributed by atoms with Crippen molar-refractivity contribution in [3.05, 3.63) is 0 Å². The van der Waals surface area contributed by atoms with Crippen LogP contribution in [0.4, 0.5) is 0 Å². The van der Waals surface area contributed by atoms with Gasteiger partial charge < -0.3 is 16.0 Å². The van der Waals surface area contributed by atoms with Crippen molar-refractivity contribution < 1.29 is 4.79 Å². The molecule has 0 aromatic carbocycles. The smallest absolute Gasteiger partial charge is 0.234 e. The number of hydrogen-bond acceptors (Lipinski definition) is 3. The van der Waals surface area contributed by atoms with E-state index in [1.807, 2.05) is 0 Å². The Morgan fingerprint density at radius 1 is 1.31 bits per heavy atom. The van der Waals surface area contributed by atoms with Crippen molar-refractivity contribution in [2.75, 3.05) is 13.1 Å². The largest absolute Gasteiger partial charge is 0.352 e. The van der Waals surface area contributed by atoms with Crippen LogP contribution in [0.5, 0.6) is 0 Å². The summed E-state index contributed by atoms with van der Waals surface area (Å²) in [5, 5.41) is 9.83. The number of carbonyl (C=O) groups excluding carboxylic acids is 1. The molecule has 4 nitrogen and oxygen atoms in total. The second-order valence-corrected chi connectivity index (χ2v) is 5.26. The summed E-state index contributed by atoms with van der Waals surface area (Å²) in [6, 6.07) is 1.34.